The average molecular weight is 242 g/mol. The van der Waals surface area contributed by atoms with Gasteiger partial charge in [0.2, 0.25) is 5.92 Å². The maximum Gasteiger partial charge on any atom is 0.248 e. The van der Waals surface area contributed by atoms with Gasteiger partial charge in [0.25, 0.3) is 0 Å². The monoisotopic (exact) mass is 242 g/mol. The molecule has 2 fully saturated rings. The molecule has 4 heteroatoms. The molecular weight excluding hydrogens is 222 g/mol. The first-order valence-corrected chi connectivity index (χ1v) is 6.59. The van der Waals surface area contributed by atoms with E-state index in [0.29, 0.717) is 18.8 Å². The summed E-state index contributed by atoms with van der Waals surface area (Å²) in [5.41, 5.74) is 0. The Morgan fingerprint density at radius 3 is 2.24 bits per heavy atom. The molecule has 0 bridgehead atoms. The topological polar surface area (TPSA) is 27.0 Å². The number of nitrogens with zero attached hydrogens (tertiary/aromatic N) is 2. The van der Waals surface area contributed by atoms with Crippen LogP contribution in [-0.2, 0) is 0 Å². The number of alkyl halides is 2. The van der Waals surface area contributed by atoms with E-state index in [4.69, 9.17) is 5.26 Å². The second kappa shape index (κ2) is 5.30. The van der Waals surface area contributed by atoms with Gasteiger partial charge < -0.3 is 4.90 Å². The summed E-state index contributed by atoms with van der Waals surface area (Å²) < 4.78 is 26.0. The van der Waals surface area contributed by atoms with Crippen molar-refractivity contribution in [1.29, 1.82) is 5.26 Å². The zero-order chi connectivity index (χ0) is 12.3. The molecule has 1 heterocycles. The third-order valence-electron chi connectivity index (χ3n) is 4.12. The zero-order valence-corrected chi connectivity index (χ0v) is 10.2. The van der Waals surface area contributed by atoms with E-state index in [2.05, 4.69) is 11.0 Å². The van der Waals surface area contributed by atoms with E-state index in [1.54, 1.807) is 0 Å². The summed E-state index contributed by atoms with van der Waals surface area (Å²) in [7, 11) is 0. The van der Waals surface area contributed by atoms with Gasteiger partial charge in [-0.1, -0.05) is 0 Å². The molecule has 1 saturated carbocycles. The van der Waals surface area contributed by atoms with Crippen molar-refractivity contribution in [2.24, 2.45) is 11.8 Å². The molecule has 17 heavy (non-hydrogen) atoms. The normalized spacial score (nSPS) is 27.8. The minimum absolute atomic E-state index is 0.0618. The third-order valence-corrected chi connectivity index (χ3v) is 4.12. The summed E-state index contributed by atoms with van der Waals surface area (Å²) in [6.45, 7) is 2.88. The maximum absolute atomic E-state index is 13.0. The molecule has 2 nitrogen and oxygen atoms in total. The molecule has 0 aromatic rings. The standard InChI is InChI=1S/C13H20F2N2/c14-13(15)5-1-12(2-6-13)10-17-7-3-11(9-16)4-8-17/h11-12H,1-8,10H2. The summed E-state index contributed by atoms with van der Waals surface area (Å²) in [4.78, 5) is 2.35. The lowest BCUT2D eigenvalue weighted by molar-refractivity contribution is -0.0494. The van der Waals surface area contributed by atoms with Crippen molar-refractivity contribution < 1.29 is 8.78 Å². The minimum atomic E-state index is -2.41. The molecule has 2 aliphatic rings. The smallest absolute Gasteiger partial charge is 0.248 e. The van der Waals surface area contributed by atoms with Crippen molar-refractivity contribution >= 4 is 0 Å². The van der Waals surface area contributed by atoms with Gasteiger partial charge in [-0.15, -0.1) is 0 Å². The summed E-state index contributed by atoms with van der Waals surface area (Å²) in [6, 6.07) is 2.31. The number of hydrogen-bond donors (Lipinski definition) is 0. The van der Waals surface area contributed by atoms with Gasteiger partial charge in [-0.3, -0.25) is 0 Å². The quantitative estimate of drug-likeness (QED) is 0.744. The number of hydrogen-bond acceptors (Lipinski definition) is 2. The Morgan fingerprint density at radius 1 is 1.12 bits per heavy atom. The molecule has 0 radical (unpaired) electrons. The van der Waals surface area contributed by atoms with E-state index in [1.807, 2.05) is 0 Å². The molecule has 0 unspecified atom stereocenters. The number of piperidine rings is 1. The van der Waals surface area contributed by atoms with Gasteiger partial charge >= 0.3 is 0 Å². The molecule has 1 aliphatic carbocycles. The first-order valence-electron chi connectivity index (χ1n) is 6.59. The first kappa shape index (κ1) is 12.8. The van der Waals surface area contributed by atoms with Gasteiger partial charge in [-0.05, 0) is 44.7 Å². The Bertz CT molecular complexity index is 280. The number of likely N-dealkylation sites (tertiary alicyclic amines) is 1. The second-order valence-corrected chi connectivity index (χ2v) is 5.50. The maximum atomic E-state index is 13.0. The highest BCUT2D eigenvalue weighted by Gasteiger charge is 2.35. The zero-order valence-electron chi connectivity index (χ0n) is 10.2. The van der Waals surface area contributed by atoms with E-state index in [9.17, 15) is 8.78 Å². The molecule has 0 spiro atoms. The largest absolute Gasteiger partial charge is 0.303 e. The predicted molar refractivity (Wildman–Crippen MR) is 61.7 cm³/mol. The van der Waals surface area contributed by atoms with Crippen molar-refractivity contribution in [2.75, 3.05) is 19.6 Å². The highest BCUT2D eigenvalue weighted by Crippen LogP contribution is 2.36. The lowest BCUT2D eigenvalue weighted by Crippen LogP contribution is -2.38. The fraction of sp³-hybridized carbons (Fsp3) is 0.923. The van der Waals surface area contributed by atoms with Gasteiger partial charge in [-0.25, -0.2) is 8.78 Å². The molecule has 0 N–H and O–H groups in total. The molecule has 1 aliphatic heterocycles. The van der Waals surface area contributed by atoms with Gasteiger partial charge in [-0.2, -0.15) is 5.26 Å². The van der Waals surface area contributed by atoms with Crippen LogP contribution in [0.5, 0.6) is 0 Å². The fourth-order valence-electron chi connectivity index (χ4n) is 2.89. The molecule has 0 aromatic carbocycles. The Morgan fingerprint density at radius 2 is 1.71 bits per heavy atom. The molecule has 0 aromatic heterocycles. The molecule has 1 saturated heterocycles. The Hall–Kier alpha value is -0.690. The van der Waals surface area contributed by atoms with Crippen LogP contribution in [-0.4, -0.2) is 30.5 Å². The van der Waals surface area contributed by atoms with Crippen molar-refractivity contribution in [3.8, 4) is 6.07 Å². The molecule has 0 amide bonds. The van der Waals surface area contributed by atoms with Crippen molar-refractivity contribution in [3.63, 3.8) is 0 Å². The van der Waals surface area contributed by atoms with Crippen LogP contribution in [0.4, 0.5) is 8.78 Å². The van der Waals surface area contributed by atoms with E-state index in [0.717, 1.165) is 32.5 Å². The van der Waals surface area contributed by atoms with Gasteiger partial charge in [0.15, 0.2) is 0 Å². The first-order chi connectivity index (χ1) is 8.09. The predicted octanol–water partition coefficient (Wildman–Crippen LogP) is 3.05. The van der Waals surface area contributed by atoms with E-state index < -0.39 is 5.92 Å². The summed E-state index contributed by atoms with van der Waals surface area (Å²) >= 11 is 0. The number of rotatable bonds is 2. The van der Waals surface area contributed by atoms with Crippen LogP contribution in [0, 0.1) is 23.2 Å². The van der Waals surface area contributed by atoms with Crippen LogP contribution in [0.1, 0.15) is 38.5 Å². The van der Waals surface area contributed by atoms with Crippen LogP contribution in [0.15, 0.2) is 0 Å². The number of halogens is 2. The van der Waals surface area contributed by atoms with Crippen molar-refractivity contribution in [3.05, 3.63) is 0 Å². The van der Waals surface area contributed by atoms with Crippen molar-refractivity contribution in [1.82, 2.24) is 4.90 Å². The third kappa shape index (κ3) is 3.64. The number of nitriles is 1. The SMILES string of the molecule is N#CC1CCN(CC2CCC(F)(F)CC2)CC1. The lowest BCUT2D eigenvalue weighted by Gasteiger charge is -2.35. The van der Waals surface area contributed by atoms with Crippen LogP contribution in [0.3, 0.4) is 0 Å². The minimum Gasteiger partial charge on any atom is -0.303 e. The molecule has 96 valence electrons. The van der Waals surface area contributed by atoms with Crippen LogP contribution < -0.4 is 0 Å². The highest BCUT2D eigenvalue weighted by atomic mass is 19.3. The fourth-order valence-corrected chi connectivity index (χ4v) is 2.89. The van der Waals surface area contributed by atoms with Crippen LogP contribution in [0.2, 0.25) is 0 Å². The average Bonchev–Trinajstić information content (AvgIpc) is 2.33. The van der Waals surface area contributed by atoms with Crippen LogP contribution in [0.25, 0.3) is 0 Å². The Balaban J connectivity index is 1.71. The van der Waals surface area contributed by atoms with Gasteiger partial charge in [0.05, 0.1) is 6.07 Å². The van der Waals surface area contributed by atoms with E-state index in [-0.39, 0.29) is 18.8 Å². The van der Waals surface area contributed by atoms with E-state index in [1.165, 1.54) is 0 Å². The molecular formula is C13H20F2N2. The Labute approximate surface area is 102 Å². The molecule has 2 rings (SSSR count). The van der Waals surface area contributed by atoms with Gasteiger partial charge in [0, 0.05) is 25.3 Å². The van der Waals surface area contributed by atoms with Crippen LogP contribution >= 0.6 is 0 Å². The summed E-state index contributed by atoms with van der Waals surface area (Å²) in [5.74, 6) is -1.76. The van der Waals surface area contributed by atoms with Crippen molar-refractivity contribution in [2.45, 2.75) is 44.4 Å². The van der Waals surface area contributed by atoms with Gasteiger partial charge in [0.1, 0.15) is 0 Å². The Kier molecular flexibility index (Phi) is 3.98. The molecule has 0 atom stereocenters. The summed E-state index contributed by atoms with van der Waals surface area (Å²) in [6.07, 6.45) is 3.33. The second-order valence-electron chi connectivity index (χ2n) is 5.50. The summed E-state index contributed by atoms with van der Waals surface area (Å²) in [5, 5.41) is 8.80. The highest BCUT2D eigenvalue weighted by molar-refractivity contribution is 4.88. The lowest BCUT2D eigenvalue weighted by atomic mass is 9.86. The van der Waals surface area contributed by atoms with E-state index >= 15 is 0 Å².